The van der Waals surface area contributed by atoms with E-state index in [0.29, 0.717) is 6.54 Å². The Kier molecular flexibility index (Phi) is 4.76. The Morgan fingerprint density at radius 2 is 1.96 bits per heavy atom. The first-order valence-electron chi connectivity index (χ1n) is 8.83. The van der Waals surface area contributed by atoms with Gasteiger partial charge in [-0.3, -0.25) is 4.79 Å². The van der Waals surface area contributed by atoms with E-state index in [9.17, 15) is 4.79 Å². The van der Waals surface area contributed by atoms with Crippen molar-refractivity contribution in [3.8, 4) is 5.69 Å². The van der Waals surface area contributed by atoms with E-state index in [2.05, 4.69) is 22.5 Å². The number of aromatic nitrogens is 2. The van der Waals surface area contributed by atoms with Crippen molar-refractivity contribution in [2.24, 2.45) is 5.92 Å². The Balaban J connectivity index is 1.26. The number of carbonyl (C=O) groups excluding carboxylic acids is 1. The SMILES string of the molecule is O=C(NCCc1ccc(-n2cccn2)cc1)C1CC1c1ccccc1Cl. The molecule has 5 heteroatoms. The smallest absolute Gasteiger partial charge is 0.223 e. The summed E-state index contributed by atoms with van der Waals surface area (Å²) < 4.78 is 1.83. The zero-order valence-electron chi connectivity index (χ0n) is 14.3. The van der Waals surface area contributed by atoms with E-state index in [1.54, 1.807) is 6.20 Å². The molecule has 0 bridgehead atoms. The first kappa shape index (κ1) is 16.9. The molecular formula is C21H20ClN3O. The number of rotatable bonds is 6. The van der Waals surface area contributed by atoms with Crippen molar-refractivity contribution >= 4 is 17.5 Å². The highest BCUT2D eigenvalue weighted by molar-refractivity contribution is 6.31. The third kappa shape index (κ3) is 3.65. The van der Waals surface area contributed by atoms with E-state index in [0.717, 1.165) is 29.1 Å². The van der Waals surface area contributed by atoms with Crippen molar-refractivity contribution in [3.05, 3.63) is 83.1 Å². The third-order valence-corrected chi connectivity index (χ3v) is 5.19. The average Bonchev–Trinajstić information content (AvgIpc) is 3.26. The zero-order valence-corrected chi connectivity index (χ0v) is 15.1. The van der Waals surface area contributed by atoms with Crippen molar-refractivity contribution < 1.29 is 4.79 Å². The van der Waals surface area contributed by atoms with Crippen LogP contribution in [0.2, 0.25) is 5.02 Å². The van der Waals surface area contributed by atoms with Crippen LogP contribution in [0.5, 0.6) is 0 Å². The number of hydrogen-bond acceptors (Lipinski definition) is 2. The van der Waals surface area contributed by atoms with Gasteiger partial charge >= 0.3 is 0 Å². The lowest BCUT2D eigenvalue weighted by atomic mass is 10.1. The fraction of sp³-hybridized carbons (Fsp3) is 0.238. The summed E-state index contributed by atoms with van der Waals surface area (Å²) in [5.74, 6) is 0.442. The molecule has 1 saturated carbocycles. The average molecular weight is 366 g/mol. The van der Waals surface area contributed by atoms with Gasteiger partial charge in [-0.05, 0) is 54.2 Å². The van der Waals surface area contributed by atoms with E-state index < -0.39 is 0 Å². The molecule has 1 heterocycles. The highest BCUT2D eigenvalue weighted by atomic mass is 35.5. The Morgan fingerprint density at radius 1 is 1.15 bits per heavy atom. The summed E-state index contributed by atoms with van der Waals surface area (Å²) in [7, 11) is 0. The standard InChI is InChI=1S/C21H20ClN3O/c22-20-5-2-1-4-17(20)18-14-19(18)21(26)23-12-10-15-6-8-16(9-7-15)25-13-3-11-24-25/h1-9,11,13,18-19H,10,12,14H2,(H,23,26). The molecule has 0 saturated heterocycles. The fourth-order valence-electron chi connectivity index (χ4n) is 3.30. The number of hydrogen-bond donors (Lipinski definition) is 1. The molecule has 2 atom stereocenters. The first-order valence-corrected chi connectivity index (χ1v) is 9.21. The van der Waals surface area contributed by atoms with Crippen LogP contribution in [0.4, 0.5) is 0 Å². The Morgan fingerprint density at radius 3 is 2.69 bits per heavy atom. The second kappa shape index (κ2) is 7.34. The number of benzene rings is 2. The molecule has 0 aliphatic heterocycles. The number of halogens is 1. The molecule has 3 aromatic rings. The van der Waals surface area contributed by atoms with Crippen LogP contribution in [0.3, 0.4) is 0 Å². The number of amides is 1. The predicted molar refractivity (Wildman–Crippen MR) is 103 cm³/mol. The first-order chi connectivity index (χ1) is 12.7. The number of carbonyl (C=O) groups is 1. The monoisotopic (exact) mass is 365 g/mol. The van der Waals surface area contributed by atoms with E-state index in [4.69, 9.17) is 11.6 Å². The molecule has 1 fully saturated rings. The topological polar surface area (TPSA) is 46.9 Å². The Bertz CT molecular complexity index is 890. The van der Waals surface area contributed by atoms with Gasteiger partial charge in [-0.25, -0.2) is 4.68 Å². The summed E-state index contributed by atoms with van der Waals surface area (Å²) in [4.78, 5) is 12.3. The van der Waals surface area contributed by atoms with Gasteiger partial charge in [-0.1, -0.05) is 41.9 Å². The minimum atomic E-state index is 0.0529. The highest BCUT2D eigenvalue weighted by Crippen LogP contribution is 2.49. The molecule has 1 amide bonds. The quantitative estimate of drug-likeness (QED) is 0.718. The summed E-state index contributed by atoms with van der Waals surface area (Å²) in [6.07, 6.45) is 5.38. The zero-order chi connectivity index (χ0) is 17.9. The normalized spacial score (nSPS) is 18.5. The molecule has 2 unspecified atom stereocenters. The van der Waals surface area contributed by atoms with Crippen molar-refractivity contribution in [2.75, 3.05) is 6.54 Å². The maximum Gasteiger partial charge on any atom is 0.223 e. The summed E-state index contributed by atoms with van der Waals surface area (Å²) in [6.45, 7) is 0.645. The maximum absolute atomic E-state index is 12.3. The van der Waals surface area contributed by atoms with Gasteiger partial charge < -0.3 is 5.32 Å². The number of nitrogens with one attached hydrogen (secondary N) is 1. The van der Waals surface area contributed by atoms with Crippen LogP contribution in [0.25, 0.3) is 5.69 Å². The van der Waals surface area contributed by atoms with E-state index in [1.807, 2.05) is 53.3 Å². The Hall–Kier alpha value is -2.59. The van der Waals surface area contributed by atoms with Crippen LogP contribution in [-0.2, 0) is 11.2 Å². The van der Waals surface area contributed by atoms with Crippen LogP contribution >= 0.6 is 11.6 Å². The molecule has 0 radical (unpaired) electrons. The number of nitrogens with zero attached hydrogens (tertiary/aromatic N) is 2. The van der Waals surface area contributed by atoms with Crippen LogP contribution < -0.4 is 5.32 Å². The van der Waals surface area contributed by atoms with Gasteiger partial charge in [0.1, 0.15) is 0 Å². The molecular weight excluding hydrogens is 346 g/mol. The van der Waals surface area contributed by atoms with Crippen molar-refractivity contribution in [2.45, 2.75) is 18.8 Å². The summed E-state index contributed by atoms with van der Waals surface area (Å²) >= 11 is 6.23. The van der Waals surface area contributed by atoms with E-state index in [-0.39, 0.29) is 17.7 Å². The molecule has 1 aromatic heterocycles. The predicted octanol–water partition coefficient (Wildman–Crippen LogP) is 3.99. The molecule has 1 aliphatic rings. The molecule has 1 N–H and O–H groups in total. The van der Waals surface area contributed by atoms with Gasteiger partial charge in [0.05, 0.1) is 5.69 Å². The van der Waals surface area contributed by atoms with Gasteiger partial charge in [0.25, 0.3) is 0 Å². The molecule has 1 aliphatic carbocycles. The lowest BCUT2D eigenvalue weighted by molar-refractivity contribution is -0.122. The maximum atomic E-state index is 12.3. The van der Waals surface area contributed by atoms with Gasteiger partial charge in [0.15, 0.2) is 0 Å². The minimum absolute atomic E-state index is 0.0529. The van der Waals surface area contributed by atoms with Crippen LogP contribution in [0, 0.1) is 5.92 Å². The minimum Gasteiger partial charge on any atom is -0.356 e. The van der Waals surface area contributed by atoms with Crippen molar-refractivity contribution in [1.29, 1.82) is 0 Å². The van der Waals surface area contributed by atoms with Gasteiger partial charge in [0.2, 0.25) is 5.91 Å². The lowest BCUT2D eigenvalue weighted by Gasteiger charge is -2.07. The van der Waals surface area contributed by atoms with Gasteiger partial charge in [0, 0.05) is 29.9 Å². The second-order valence-corrected chi connectivity index (χ2v) is 7.04. The lowest BCUT2D eigenvalue weighted by Crippen LogP contribution is -2.27. The second-order valence-electron chi connectivity index (χ2n) is 6.63. The third-order valence-electron chi connectivity index (χ3n) is 4.85. The Labute approximate surface area is 157 Å². The molecule has 2 aromatic carbocycles. The fourth-order valence-corrected chi connectivity index (χ4v) is 3.58. The molecule has 4 nitrogen and oxygen atoms in total. The van der Waals surface area contributed by atoms with Crippen molar-refractivity contribution in [1.82, 2.24) is 15.1 Å². The molecule has 4 rings (SSSR count). The van der Waals surface area contributed by atoms with Crippen LogP contribution in [0.15, 0.2) is 67.0 Å². The summed E-state index contributed by atoms with van der Waals surface area (Å²) in [5.41, 5.74) is 3.31. The van der Waals surface area contributed by atoms with E-state index >= 15 is 0 Å². The highest BCUT2D eigenvalue weighted by Gasteiger charge is 2.44. The summed E-state index contributed by atoms with van der Waals surface area (Å²) in [5, 5.41) is 8.03. The van der Waals surface area contributed by atoms with E-state index in [1.165, 1.54) is 5.56 Å². The van der Waals surface area contributed by atoms with Crippen molar-refractivity contribution in [3.63, 3.8) is 0 Å². The molecule has 26 heavy (non-hydrogen) atoms. The molecule has 0 spiro atoms. The largest absolute Gasteiger partial charge is 0.356 e. The van der Waals surface area contributed by atoms with Crippen LogP contribution in [0.1, 0.15) is 23.5 Å². The molecule has 132 valence electrons. The van der Waals surface area contributed by atoms with Gasteiger partial charge in [-0.2, -0.15) is 5.10 Å². The summed E-state index contributed by atoms with van der Waals surface area (Å²) in [6, 6.07) is 17.9. The van der Waals surface area contributed by atoms with Gasteiger partial charge in [-0.15, -0.1) is 0 Å². The van der Waals surface area contributed by atoms with Crippen LogP contribution in [-0.4, -0.2) is 22.2 Å².